The molecule has 7 nitrogen and oxygen atoms in total. The van der Waals surface area contributed by atoms with Crippen molar-refractivity contribution >= 4 is 33.4 Å². The highest BCUT2D eigenvalue weighted by molar-refractivity contribution is 5.96. The third kappa shape index (κ3) is 6.17. The molecule has 0 aliphatic heterocycles. The van der Waals surface area contributed by atoms with E-state index in [0.29, 0.717) is 12.8 Å². The Labute approximate surface area is 232 Å². The molecule has 7 heteroatoms. The SMILES string of the molecule is O=C(N[C@H](CO)Cc1cccc2ccccc12)c1cccc(C(=O)N[C@H](CO)Cc2cccc3ccccc23)n1. The molecule has 0 saturated carbocycles. The van der Waals surface area contributed by atoms with Crippen molar-refractivity contribution in [1.82, 2.24) is 15.6 Å². The van der Waals surface area contributed by atoms with Gasteiger partial charge in [0.2, 0.25) is 0 Å². The Morgan fingerprint density at radius 3 is 1.43 bits per heavy atom. The molecule has 1 aromatic heterocycles. The van der Waals surface area contributed by atoms with Crippen LogP contribution in [0.15, 0.2) is 103 Å². The van der Waals surface area contributed by atoms with Crippen LogP contribution in [0.1, 0.15) is 32.1 Å². The predicted molar refractivity (Wildman–Crippen MR) is 156 cm³/mol. The zero-order valence-corrected chi connectivity index (χ0v) is 22.0. The monoisotopic (exact) mass is 533 g/mol. The van der Waals surface area contributed by atoms with Crippen LogP contribution in [0.25, 0.3) is 21.5 Å². The van der Waals surface area contributed by atoms with Crippen molar-refractivity contribution in [3.05, 3.63) is 126 Å². The van der Waals surface area contributed by atoms with Gasteiger partial charge in [0.1, 0.15) is 11.4 Å². The molecule has 0 bridgehead atoms. The van der Waals surface area contributed by atoms with Crippen molar-refractivity contribution in [3.8, 4) is 0 Å². The number of hydrogen-bond acceptors (Lipinski definition) is 5. The van der Waals surface area contributed by atoms with Crippen molar-refractivity contribution in [2.75, 3.05) is 13.2 Å². The van der Waals surface area contributed by atoms with Crippen LogP contribution in [0, 0.1) is 0 Å². The summed E-state index contributed by atoms with van der Waals surface area (Å²) in [5.74, 6) is -0.966. The molecule has 40 heavy (non-hydrogen) atoms. The Morgan fingerprint density at radius 1 is 0.575 bits per heavy atom. The van der Waals surface area contributed by atoms with Gasteiger partial charge in [-0.15, -0.1) is 0 Å². The van der Waals surface area contributed by atoms with Crippen LogP contribution in [-0.2, 0) is 12.8 Å². The first-order valence-corrected chi connectivity index (χ1v) is 13.3. The van der Waals surface area contributed by atoms with Crippen molar-refractivity contribution in [3.63, 3.8) is 0 Å². The molecule has 5 aromatic rings. The van der Waals surface area contributed by atoms with Gasteiger partial charge in [0.15, 0.2) is 0 Å². The number of fused-ring (bicyclic) bond motifs is 2. The van der Waals surface area contributed by atoms with E-state index in [9.17, 15) is 19.8 Å². The van der Waals surface area contributed by atoms with Gasteiger partial charge in [-0.3, -0.25) is 9.59 Å². The number of pyridine rings is 1. The summed E-state index contributed by atoms with van der Waals surface area (Å²) in [6.45, 7) is -0.497. The number of carbonyl (C=O) groups is 2. The first-order chi connectivity index (χ1) is 19.6. The summed E-state index contributed by atoms with van der Waals surface area (Å²) >= 11 is 0. The predicted octanol–water partition coefficient (Wildman–Crippen LogP) is 4.05. The fourth-order valence-corrected chi connectivity index (χ4v) is 5.00. The lowest BCUT2D eigenvalue weighted by atomic mass is 9.99. The number of nitrogens with zero attached hydrogens (tertiary/aromatic N) is 1. The maximum absolute atomic E-state index is 13.0. The zero-order valence-electron chi connectivity index (χ0n) is 22.0. The minimum atomic E-state index is -0.531. The zero-order chi connectivity index (χ0) is 27.9. The fourth-order valence-electron chi connectivity index (χ4n) is 5.00. The quantitative estimate of drug-likeness (QED) is 0.216. The van der Waals surface area contributed by atoms with E-state index in [4.69, 9.17) is 0 Å². The lowest BCUT2D eigenvalue weighted by Gasteiger charge is -2.18. The van der Waals surface area contributed by atoms with Crippen LogP contribution >= 0.6 is 0 Å². The van der Waals surface area contributed by atoms with Gasteiger partial charge in [-0.25, -0.2) is 4.98 Å². The number of hydrogen-bond donors (Lipinski definition) is 4. The summed E-state index contributed by atoms with van der Waals surface area (Å²) in [5.41, 5.74) is 2.16. The minimum Gasteiger partial charge on any atom is -0.394 e. The van der Waals surface area contributed by atoms with E-state index in [0.717, 1.165) is 32.7 Å². The van der Waals surface area contributed by atoms with Crippen molar-refractivity contribution in [2.24, 2.45) is 0 Å². The molecule has 2 atom stereocenters. The first-order valence-electron chi connectivity index (χ1n) is 13.3. The molecule has 0 spiro atoms. The smallest absolute Gasteiger partial charge is 0.270 e. The second kappa shape index (κ2) is 12.5. The van der Waals surface area contributed by atoms with Crippen molar-refractivity contribution < 1.29 is 19.8 Å². The van der Waals surface area contributed by atoms with Gasteiger partial charge in [-0.1, -0.05) is 91.0 Å². The second-order valence-electron chi connectivity index (χ2n) is 9.80. The summed E-state index contributed by atoms with van der Waals surface area (Å²) < 4.78 is 0. The number of carbonyl (C=O) groups excluding carboxylic acids is 2. The standard InChI is InChI=1S/C33H31N3O4/c37-20-26(18-24-12-5-10-22-8-1-3-14-28(22)24)34-32(39)30-16-7-17-31(36-30)33(40)35-27(21-38)19-25-13-6-11-23-9-2-4-15-29(23)25/h1-17,26-27,37-38H,18-21H2,(H,34,39)(H,35,40)/t26-,27-/m0/s1. The molecule has 5 rings (SSSR count). The van der Waals surface area contributed by atoms with E-state index in [2.05, 4.69) is 15.6 Å². The number of amides is 2. The van der Waals surface area contributed by atoms with Gasteiger partial charge in [0, 0.05) is 0 Å². The van der Waals surface area contributed by atoms with Crippen molar-refractivity contribution in [2.45, 2.75) is 24.9 Å². The number of rotatable bonds is 10. The third-order valence-electron chi connectivity index (χ3n) is 7.02. The summed E-state index contributed by atoms with van der Waals surface area (Å²) in [4.78, 5) is 30.3. The highest BCUT2D eigenvalue weighted by atomic mass is 16.3. The molecule has 0 unspecified atom stereocenters. The Bertz CT molecular complexity index is 1520. The van der Waals surface area contributed by atoms with Crippen LogP contribution in [-0.4, -0.2) is 52.3 Å². The lowest BCUT2D eigenvalue weighted by Crippen LogP contribution is -2.41. The molecule has 0 fully saturated rings. The molecular formula is C33H31N3O4. The molecule has 0 radical (unpaired) electrons. The molecule has 0 saturated heterocycles. The maximum Gasteiger partial charge on any atom is 0.270 e. The number of nitrogens with one attached hydrogen (secondary N) is 2. The van der Waals surface area contributed by atoms with E-state index in [-0.39, 0.29) is 24.6 Å². The average Bonchev–Trinajstić information content (AvgIpc) is 3.00. The van der Waals surface area contributed by atoms with Gasteiger partial charge in [0.25, 0.3) is 11.8 Å². The molecule has 0 aliphatic rings. The van der Waals surface area contributed by atoms with Crippen LogP contribution in [0.4, 0.5) is 0 Å². The van der Waals surface area contributed by atoms with Crippen LogP contribution in [0.5, 0.6) is 0 Å². The number of aliphatic hydroxyl groups excluding tert-OH is 2. The fraction of sp³-hybridized carbons (Fsp3) is 0.182. The van der Waals surface area contributed by atoms with E-state index in [1.165, 1.54) is 12.1 Å². The number of aliphatic hydroxyl groups is 2. The van der Waals surface area contributed by atoms with Gasteiger partial charge in [-0.2, -0.15) is 0 Å². The highest BCUT2D eigenvalue weighted by Gasteiger charge is 2.19. The van der Waals surface area contributed by atoms with E-state index in [1.54, 1.807) is 6.07 Å². The topological polar surface area (TPSA) is 112 Å². The largest absolute Gasteiger partial charge is 0.394 e. The van der Waals surface area contributed by atoms with Gasteiger partial charge in [-0.05, 0) is 57.6 Å². The molecular weight excluding hydrogens is 502 g/mol. The Hall–Kier alpha value is -4.59. The van der Waals surface area contributed by atoms with E-state index >= 15 is 0 Å². The molecule has 2 amide bonds. The van der Waals surface area contributed by atoms with Crippen LogP contribution in [0.3, 0.4) is 0 Å². The third-order valence-corrected chi connectivity index (χ3v) is 7.02. The summed E-state index contributed by atoms with van der Waals surface area (Å²) in [5, 5.41) is 30.0. The summed E-state index contributed by atoms with van der Waals surface area (Å²) in [6.07, 6.45) is 0.881. The van der Waals surface area contributed by atoms with Crippen LogP contribution in [0.2, 0.25) is 0 Å². The molecule has 4 N–H and O–H groups in total. The van der Waals surface area contributed by atoms with Gasteiger partial charge in [0.05, 0.1) is 25.3 Å². The van der Waals surface area contributed by atoms with E-state index < -0.39 is 23.9 Å². The van der Waals surface area contributed by atoms with Gasteiger partial charge < -0.3 is 20.8 Å². The lowest BCUT2D eigenvalue weighted by molar-refractivity contribution is 0.0906. The molecule has 0 aliphatic carbocycles. The first kappa shape index (κ1) is 27.0. The highest BCUT2D eigenvalue weighted by Crippen LogP contribution is 2.21. The van der Waals surface area contributed by atoms with Gasteiger partial charge >= 0.3 is 0 Å². The van der Waals surface area contributed by atoms with Crippen LogP contribution < -0.4 is 10.6 Å². The Balaban J connectivity index is 1.26. The summed E-state index contributed by atoms with van der Waals surface area (Å²) in [7, 11) is 0. The minimum absolute atomic E-state index is 0.0682. The maximum atomic E-state index is 13.0. The Morgan fingerprint density at radius 2 is 0.975 bits per heavy atom. The molecule has 202 valence electrons. The molecule has 4 aromatic carbocycles. The number of aromatic nitrogens is 1. The molecule has 1 heterocycles. The van der Waals surface area contributed by atoms with Crippen molar-refractivity contribution in [1.29, 1.82) is 0 Å². The Kier molecular flexibility index (Phi) is 8.44. The number of benzene rings is 4. The van der Waals surface area contributed by atoms with E-state index in [1.807, 2.05) is 84.9 Å². The normalized spacial score (nSPS) is 12.7. The second-order valence-corrected chi connectivity index (χ2v) is 9.80. The average molecular weight is 534 g/mol. The summed E-state index contributed by atoms with van der Waals surface area (Å²) in [6, 6.07) is 31.5.